The average molecular weight is 189 g/mol. The van der Waals surface area contributed by atoms with Gasteiger partial charge < -0.3 is 9.72 Å². The maximum atomic E-state index is 10.1. The first-order valence-corrected chi connectivity index (χ1v) is 3.95. The Morgan fingerprint density at radius 3 is 3.14 bits per heavy atom. The van der Waals surface area contributed by atoms with E-state index in [0.717, 1.165) is 0 Å². The van der Waals surface area contributed by atoms with Crippen LogP contribution in [0.25, 0.3) is 11.0 Å². The second-order valence-electron chi connectivity index (χ2n) is 2.62. The maximum Gasteiger partial charge on any atom is 0.294 e. The molecule has 0 unspecified atom stereocenters. The number of carbonyl (C=O) groups excluding carboxylic acids is 1. The van der Waals surface area contributed by atoms with Gasteiger partial charge in [-0.3, -0.25) is 0 Å². The molecular weight excluding hydrogens is 182 g/mol. The molecule has 0 aliphatic rings. The number of methoxy groups -OCH3 is 1. The molecule has 1 aromatic heterocycles. The molecule has 0 aliphatic heterocycles. The largest absolute Gasteiger partial charge is 0.468 e. The Hall–Kier alpha value is -2.13. The molecule has 0 saturated carbocycles. The highest BCUT2D eigenvalue weighted by molar-refractivity contribution is 5.87. The van der Waals surface area contributed by atoms with Crippen LogP contribution in [0.4, 0.5) is 5.69 Å². The van der Waals surface area contributed by atoms with Crippen LogP contribution in [0, 0.1) is 0 Å². The third-order valence-corrected chi connectivity index (χ3v) is 1.83. The summed E-state index contributed by atoms with van der Waals surface area (Å²) in [5.74, 6) is 0. The Labute approximate surface area is 79.4 Å². The quantitative estimate of drug-likeness (QED) is 0.575. The van der Waals surface area contributed by atoms with Gasteiger partial charge in [0.2, 0.25) is 6.08 Å². The minimum absolute atomic E-state index is 0.397. The lowest BCUT2D eigenvalue weighted by atomic mass is 10.3. The fourth-order valence-electron chi connectivity index (χ4n) is 1.23. The number of benzene rings is 1. The van der Waals surface area contributed by atoms with Crippen molar-refractivity contribution in [1.82, 2.24) is 9.97 Å². The molecule has 0 bridgehead atoms. The lowest BCUT2D eigenvalue weighted by Gasteiger charge is -1.90. The zero-order chi connectivity index (χ0) is 9.97. The van der Waals surface area contributed by atoms with E-state index >= 15 is 0 Å². The van der Waals surface area contributed by atoms with Crippen molar-refractivity contribution >= 4 is 22.8 Å². The number of nitrogens with one attached hydrogen (secondary N) is 1. The summed E-state index contributed by atoms with van der Waals surface area (Å²) in [4.78, 5) is 20.7. The number of isocyanates is 1. The number of fused-ring (bicyclic) bond motifs is 1. The monoisotopic (exact) mass is 189 g/mol. The highest BCUT2D eigenvalue weighted by atomic mass is 16.5. The van der Waals surface area contributed by atoms with Gasteiger partial charge in [-0.25, -0.2) is 4.79 Å². The summed E-state index contributed by atoms with van der Waals surface area (Å²) in [5, 5.41) is 0. The Morgan fingerprint density at radius 2 is 2.43 bits per heavy atom. The van der Waals surface area contributed by atoms with Crippen molar-refractivity contribution in [2.75, 3.05) is 7.11 Å². The van der Waals surface area contributed by atoms with Crippen LogP contribution in [0.15, 0.2) is 23.2 Å². The summed E-state index contributed by atoms with van der Waals surface area (Å²) in [5.41, 5.74) is 1.89. The lowest BCUT2D eigenvalue weighted by Crippen LogP contribution is -1.82. The van der Waals surface area contributed by atoms with E-state index in [0.29, 0.717) is 22.7 Å². The maximum absolute atomic E-state index is 10.1. The van der Waals surface area contributed by atoms with E-state index in [1.54, 1.807) is 18.2 Å². The van der Waals surface area contributed by atoms with E-state index in [1.165, 1.54) is 13.2 Å². The van der Waals surface area contributed by atoms with Gasteiger partial charge in [-0.15, -0.1) is 0 Å². The van der Waals surface area contributed by atoms with Crippen molar-refractivity contribution in [3.63, 3.8) is 0 Å². The minimum Gasteiger partial charge on any atom is -0.468 e. The van der Waals surface area contributed by atoms with Crippen molar-refractivity contribution in [3.05, 3.63) is 18.2 Å². The zero-order valence-electron chi connectivity index (χ0n) is 7.44. The number of ether oxygens (including phenoxy) is 1. The van der Waals surface area contributed by atoms with Gasteiger partial charge in [0.15, 0.2) is 0 Å². The number of rotatable bonds is 2. The second kappa shape index (κ2) is 3.32. The third-order valence-electron chi connectivity index (χ3n) is 1.83. The summed E-state index contributed by atoms with van der Waals surface area (Å²) in [6.07, 6.45) is 1.49. The van der Waals surface area contributed by atoms with Gasteiger partial charge in [0, 0.05) is 0 Å². The molecule has 0 saturated heterocycles. The minimum atomic E-state index is 0.397. The lowest BCUT2D eigenvalue weighted by molar-refractivity contribution is 0.386. The summed E-state index contributed by atoms with van der Waals surface area (Å²) in [6, 6.07) is 5.66. The van der Waals surface area contributed by atoms with Gasteiger partial charge >= 0.3 is 0 Å². The fourth-order valence-corrected chi connectivity index (χ4v) is 1.23. The number of aromatic nitrogens is 2. The molecule has 5 heteroatoms. The van der Waals surface area contributed by atoms with Gasteiger partial charge in [-0.05, 0) is 12.1 Å². The standard InChI is InChI=1S/C9H7N3O2/c1-14-9-11-7-4-2-3-6(10-5-13)8(7)12-9/h2-4H,1H3,(H,11,12). The summed E-state index contributed by atoms with van der Waals surface area (Å²) in [7, 11) is 1.51. The van der Waals surface area contributed by atoms with E-state index in [2.05, 4.69) is 15.0 Å². The molecule has 5 nitrogen and oxygen atoms in total. The molecule has 1 aromatic carbocycles. The molecule has 0 amide bonds. The topological polar surface area (TPSA) is 67.3 Å². The number of nitrogens with zero attached hydrogens (tertiary/aromatic N) is 2. The van der Waals surface area contributed by atoms with E-state index < -0.39 is 0 Å². The van der Waals surface area contributed by atoms with E-state index in [-0.39, 0.29) is 0 Å². The molecule has 70 valence electrons. The second-order valence-corrected chi connectivity index (χ2v) is 2.62. The molecule has 2 rings (SSSR count). The molecule has 0 atom stereocenters. The van der Waals surface area contributed by atoms with Gasteiger partial charge in [0.1, 0.15) is 5.69 Å². The van der Waals surface area contributed by atoms with Gasteiger partial charge in [0.25, 0.3) is 6.01 Å². The number of aliphatic imine (C=N–C) groups is 1. The zero-order valence-corrected chi connectivity index (χ0v) is 7.44. The molecule has 0 fully saturated rings. The molecule has 0 radical (unpaired) electrons. The molecule has 0 spiro atoms. The van der Waals surface area contributed by atoms with Crippen LogP contribution >= 0.6 is 0 Å². The molecule has 14 heavy (non-hydrogen) atoms. The first-order chi connectivity index (χ1) is 6.85. The third kappa shape index (κ3) is 1.26. The molecule has 0 aliphatic carbocycles. The normalized spacial score (nSPS) is 9.79. The van der Waals surface area contributed by atoms with Crippen LogP contribution < -0.4 is 4.74 Å². The van der Waals surface area contributed by atoms with Crippen LogP contribution in [0.5, 0.6) is 6.01 Å². The number of hydrogen-bond acceptors (Lipinski definition) is 4. The first-order valence-electron chi connectivity index (χ1n) is 3.95. The Morgan fingerprint density at radius 1 is 1.57 bits per heavy atom. The smallest absolute Gasteiger partial charge is 0.294 e. The van der Waals surface area contributed by atoms with Gasteiger partial charge in [-0.1, -0.05) is 6.07 Å². The van der Waals surface area contributed by atoms with E-state index in [4.69, 9.17) is 4.74 Å². The predicted molar refractivity (Wildman–Crippen MR) is 50.4 cm³/mol. The molecular formula is C9H7N3O2. The molecule has 2 aromatic rings. The summed E-state index contributed by atoms with van der Waals surface area (Å²) >= 11 is 0. The summed E-state index contributed by atoms with van der Waals surface area (Å²) in [6.45, 7) is 0. The SMILES string of the molecule is COc1nc2cccc(N=C=O)c2[nH]1. The Kier molecular flexibility index (Phi) is 2.01. The Bertz CT molecular complexity index is 512. The van der Waals surface area contributed by atoms with Crippen molar-refractivity contribution in [2.45, 2.75) is 0 Å². The Balaban J connectivity index is 2.72. The molecule has 1 heterocycles. The number of imidazole rings is 1. The number of hydrogen-bond donors (Lipinski definition) is 1. The van der Waals surface area contributed by atoms with E-state index in [1.807, 2.05) is 0 Å². The van der Waals surface area contributed by atoms with Crippen molar-refractivity contribution in [3.8, 4) is 6.01 Å². The molecule has 1 N–H and O–H groups in total. The van der Waals surface area contributed by atoms with E-state index in [9.17, 15) is 4.79 Å². The summed E-state index contributed by atoms with van der Waals surface area (Å²) < 4.78 is 4.93. The van der Waals surface area contributed by atoms with Crippen LogP contribution in [0.1, 0.15) is 0 Å². The van der Waals surface area contributed by atoms with Crippen molar-refractivity contribution in [1.29, 1.82) is 0 Å². The van der Waals surface area contributed by atoms with Gasteiger partial charge in [-0.2, -0.15) is 9.98 Å². The van der Waals surface area contributed by atoms with Crippen molar-refractivity contribution in [2.24, 2.45) is 4.99 Å². The van der Waals surface area contributed by atoms with Gasteiger partial charge in [0.05, 0.1) is 18.1 Å². The van der Waals surface area contributed by atoms with Crippen LogP contribution in [0.2, 0.25) is 0 Å². The van der Waals surface area contributed by atoms with Crippen LogP contribution in [0.3, 0.4) is 0 Å². The average Bonchev–Trinajstić information content (AvgIpc) is 2.62. The van der Waals surface area contributed by atoms with Crippen molar-refractivity contribution < 1.29 is 9.53 Å². The highest BCUT2D eigenvalue weighted by Gasteiger charge is 2.05. The first kappa shape index (κ1) is 8.47. The number of para-hydroxylation sites is 1. The van der Waals surface area contributed by atoms with Crippen LogP contribution in [-0.2, 0) is 4.79 Å². The number of H-pyrrole nitrogens is 1. The number of aromatic amines is 1. The predicted octanol–water partition coefficient (Wildman–Crippen LogP) is 1.54. The fraction of sp³-hybridized carbons (Fsp3) is 0.111. The van der Waals surface area contributed by atoms with Crippen LogP contribution in [-0.4, -0.2) is 23.2 Å². The highest BCUT2D eigenvalue weighted by Crippen LogP contribution is 2.25.